The van der Waals surface area contributed by atoms with E-state index in [-0.39, 0.29) is 11.1 Å². The summed E-state index contributed by atoms with van der Waals surface area (Å²) < 4.78 is 5.39. The first-order chi connectivity index (χ1) is 9.13. The number of fused-ring (bicyclic) bond motifs is 1. The van der Waals surface area contributed by atoms with E-state index < -0.39 is 31.0 Å². The number of ether oxygens (including phenoxy) is 1. The van der Waals surface area contributed by atoms with Crippen molar-refractivity contribution in [3.05, 3.63) is 28.3 Å². The van der Waals surface area contributed by atoms with Gasteiger partial charge in [0.05, 0.1) is 12.3 Å². The first kappa shape index (κ1) is 12.3. The molecule has 1 fully saturated rings. The van der Waals surface area contributed by atoms with Crippen LogP contribution in [0.25, 0.3) is 10.9 Å². The zero-order chi connectivity index (χ0) is 13.6. The number of aromatic amines is 2. The molecule has 3 heterocycles. The van der Waals surface area contributed by atoms with Crippen LogP contribution in [-0.2, 0) is 4.74 Å². The third kappa shape index (κ3) is 1.77. The molecule has 4 atom stereocenters. The van der Waals surface area contributed by atoms with E-state index in [2.05, 4.69) is 15.2 Å². The standard InChI is InChI=1S/C11H13N3O5/c15-3-5-8(16)9(17)10(19-5)6-4-1-2-12-11(18)7(4)14-13-6/h1-2,5,8-10,15-17H,3H2,(H,12,18)(H,13,14)/t5-,8-,9-,10+/m1/s1. The molecule has 0 bridgehead atoms. The van der Waals surface area contributed by atoms with Gasteiger partial charge in [-0.1, -0.05) is 0 Å². The zero-order valence-corrected chi connectivity index (χ0v) is 9.78. The van der Waals surface area contributed by atoms with E-state index in [9.17, 15) is 15.0 Å². The van der Waals surface area contributed by atoms with Crippen LogP contribution in [-0.4, -0.2) is 55.4 Å². The number of H-pyrrole nitrogens is 2. The molecule has 2 aromatic heterocycles. The van der Waals surface area contributed by atoms with E-state index in [0.717, 1.165) is 0 Å². The molecule has 1 aliphatic heterocycles. The van der Waals surface area contributed by atoms with Crippen molar-refractivity contribution in [3.63, 3.8) is 0 Å². The maximum absolute atomic E-state index is 11.5. The molecule has 0 unspecified atom stereocenters. The number of nitrogens with one attached hydrogen (secondary N) is 2. The summed E-state index contributed by atoms with van der Waals surface area (Å²) in [6, 6.07) is 1.63. The first-order valence-corrected chi connectivity index (χ1v) is 5.81. The summed E-state index contributed by atoms with van der Waals surface area (Å²) in [5, 5.41) is 35.7. The van der Waals surface area contributed by atoms with Crippen LogP contribution in [0.4, 0.5) is 0 Å². The molecule has 0 radical (unpaired) electrons. The number of rotatable bonds is 2. The Balaban J connectivity index is 2.06. The largest absolute Gasteiger partial charge is 0.394 e. The average molecular weight is 267 g/mol. The molecular weight excluding hydrogens is 254 g/mol. The third-order valence-corrected chi connectivity index (χ3v) is 3.34. The van der Waals surface area contributed by atoms with Gasteiger partial charge in [0.2, 0.25) is 0 Å². The molecule has 102 valence electrons. The molecule has 0 spiro atoms. The number of aliphatic hydroxyl groups excluding tert-OH is 3. The van der Waals surface area contributed by atoms with Gasteiger partial charge in [0.1, 0.15) is 24.4 Å². The second kappa shape index (κ2) is 4.42. The van der Waals surface area contributed by atoms with Crippen LogP contribution in [0.5, 0.6) is 0 Å². The molecule has 1 aliphatic rings. The highest BCUT2D eigenvalue weighted by atomic mass is 16.6. The van der Waals surface area contributed by atoms with Gasteiger partial charge in [0.25, 0.3) is 5.56 Å². The molecule has 2 aromatic rings. The lowest BCUT2D eigenvalue weighted by atomic mass is 10.0. The Labute approximate surface area is 106 Å². The zero-order valence-electron chi connectivity index (χ0n) is 9.78. The summed E-state index contributed by atoms with van der Waals surface area (Å²) in [6.07, 6.45) is -2.64. The number of aliphatic hydroxyl groups is 3. The van der Waals surface area contributed by atoms with Gasteiger partial charge in [-0.05, 0) is 6.07 Å². The predicted molar refractivity (Wildman–Crippen MR) is 63.4 cm³/mol. The van der Waals surface area contributed by atoms with Gasteiger partial charge in [0.15, 0.2) is 5.52 Å². The Bertz CT molecular complexity index is 651. The Morgan fingerprint density at radius 1 is 1.37 bits per heavy atom. The molecule has 0 amide bonds. The summed E-state index contributed by atoms with van der Waals surface area (Å²) in [5.74, 6) is 0. The minimum absolute atomic E-state index is 0.204. The van der Waals surface area contributed by atoms with Gasteiger partial charge in [-0.3, -0.25) is 9.89 Å². The number of hydrogen-bond donors (Lipinski definition) is 5. The van der Waals surface area contributed by atoms with E-state index >= 15 is 0 Å². The lowest BCUT2D eigenvalue weighted by molar-refractivity contribution is -0.0235. The summed E-state index contributed by atoms with van der Waals surface area (Å²) in [7, 11) is 0. The van der Waals surface area contributed by atoms with Crippen molar-refractivity contribution >= 4 is 10.9 Å². The third-order valence-electron chi connectivity index (χ3n) is 3.34. The maximum atomic E-state index is 11.5. The number of hydrogen-bond acceptors (Lipinski definition) is 6. The van der Waals surface area contributed by atoms with Crippen molar-refractivity contribution in [1.29, 1.82) is 0 Å². The van der Waals surface area contributed by atoms with Crippen molar-refractivity contribution < 1.29 is 20.1 Å². The van der Waals surface area contributed by atoms with Gasteiger partial charge >= 0.3 is 0 Å². The molecule has 8 nitrogen and oxygen atoms in total. The van der Waals surface area contributed by atoms with Crippen molar-refractivity contribution in [3.8, 4) is 0 Å². The lowest BCUT2D eigenvalue weighted by Gasteiger charge is -2.12. The van der Waals surface area contributed by atoms with Crippen molar-refractivity contribution in [2.75, 3.05) is 6.61 Å². The number of nitrogens with zero attached hydrogens (tertiary/aromatic N) is 1. The minimum Gasteiger partial charge on any atom is -0.394 e. The molecule has 3 rings (SSSR count). The van der Waals surface area contributed by atoms with E-state index in [1.165, 1.54) is 6.20 Å². The molecule has 8 heteroatoms. The van der Waals surface area contributed by atoms with Gasteiger partial charge in [-0.2, -0.15) is 5.10 Å². The van der Waals surface area contributed by atoms with Crippen molar-refractivity contribution in [2.45, 2.75) is 24.4 Å². The van der Waals surface area contributed by atoms with Crippen molar-refractivity contribution in [2.24, 2.45) is 0 Å². The Hall–Kier alpha value is -1.74. The van der Waals surface area contributed by atoms with Crippen LogP contribution in [0.2, 0.25) is 0 Å². The van der Waals surface area contributed by atoms with Crippen LogP contribution in [0.3, 0.4) is 0 Å². The fraction of sp³-hybridized carbons (Fsp3) is 0.455. The van der Waals surface area contributed by atoms with Crippen LogP contribution >= 0.6 is 0 Å². The summed E-state index contributed by atoms with van der Waals surface area (Å²) in [5.41, 5.74) is 0.255. The lowest BCUT2D eigenvalue weighted by Crippen LogP contribution is -2.32. The number of pyridine rings is 1. The minimum atomic E-state index is -1.19. The SMILES string of the molecule is O=c1[nH]ccc2c([C@@H]3O[C@H](CO)[C@@H](O)[C@H]3O)[nH]nc12. The summed E-state index contributed by atoms with van der Waals surface area (Å²) in [6.45, 7) is -0.401. The fourth-order valence-corrected chi connectivity index (χ4v) is 2.33. The normalized spacial score (nSPS) is 31.1. The second-order valence-corrected chi connectivity index (χ2v) is 4.47. The van der Waals surface area contributed by atoms with E-state index in [1.807, 2.05) is 0 Å². The quantitative estimate of drug-likeness (QED) is 0.445. The van der Waals surface area contributed by atoms with Crippen LogP contribution in [0, 0.1) is 0 Å². The molecule has 5 N–H and O–H groups in total. The molecule has 1 saturated heterocycles. The molecule has 0 saturated carbocycles. The van der Waals surface area contributed by atoms with E-state index in [4.69, 9.17) is 9.84 Å². The van der Waals surface area contributed by atoms with E-state index in [1.54, 1.807) is 6.07 Å². The Kier molecular flexibility index (Phi) is 2.86. The fourth-order valence-electron chi connectivity index (χ4n) is 2.33. The summed E-state index contributed by atoms with van der Waals surface area (Å²) >= 11 is 0. The maximum Gasteiger partial charge on any atom is 0.276 e. The van der Waals surface area contributed by atoms with Crippen LogP contribution < -0.4 is 5.56 Å². The average Bonchev–Trinajstić information content (AvgIpc) is 2.94. The Morgan fingerprint density at radius 3 is 2.84 bits per heavy atom. The van der Waals surface area contributed by atoms with E-state index in [0.29, 0.717) is 11.1 Å². The Morgan fingerprint density at radius 2 is 2.16 bits per heavy atom. The smallest absolute Gasteiger partial charge is 0.276 e. The highest BCUT2D eigenvalue weighted by Crippen LogP contribution is 2.34. The molecule has 19 heavy (non-hydrogen) atoms. The predicted octanol–water partition coefficient (Wildman–Crippen LogP) is -1.59. The van der Waals surface area contributed by atoms with Gasteiger partial charge in [-0.25, -0.2) is 0 Å². The van der Waals surface area contributed by atoms with Gasteiger partial charge in [0, 0.05) is 11.6 Å². The van der Waals surface area contributed by atoms with Crippen LogP contribution in [0.1, 0.15) is 11.8 Å². The van der Waals surface area contributed by atoms with Crippen molar-refractivity contribution in [1.82, 2.24) is 15.2 Å². The topological polar surface area (TPSA) is 131 Å². The monoisotopic (exact) mass is 267 g/mol. The second-order valence-electron chi connectivity index (χ2n) is 4.47. The summed E-state index contributed by atoms with van der Waals surface area (Å²) in [4.78, 5) is 14.0. The van der Waals surface area contributed by atoms with Crippen LogP contribution in [0.15, 0.2) is 17.1 Å². The molecule has 0 aromatic carbocycles. The highest BCUT2D eigenvalue weighted by molar-refractivity contribution is 5.80. The molecule has 0 aliphatic carbocycles. The highest BCUT2D eigenvalue weighted by Gasteiger charge is 2.44. The molecular formula is C11H13N3O5. The first-order valence-electron chi connectivity index (χ1n) is 5.81. The van der Waals surface area contributed by atoms with Gasteiger partial charge in [-0.15, -0.1) is 0 Å². The number of aromatic nitrogens is 3. The van der Waals surface area contributed by atoms with Gasteiger partial charge < -0.3 is 25.0 Å².